The molecule has 2 fully saturated rings. The monoisotopic (exact) mass is 186 g/mol. The van der Waals surface area contributed by atoms with Gasteiger partial charge in [0.1, 0.15) is 5.67 Å². The van der Waals surface area contributed by atoms with E-state index in [9.17, 15) is 4.39 Å². The molecule has 1 N–H and O–H groups in total. The number of likely N-dealkylation sites (tertiary alicyclic amines) is 1. The minimum absolute atomic E-state index is 0.560. The molecule has 0 unspecified atom stereocenters. The predicted octanol–water partition coefficient (Wildman–Crippen LogP) is 1.17. The topological polar surface area (TPSA) is 15.3 Å². The molecule has 0 atom stereocenters. The maximum atomic E-state index is 13.3. The van der Waals surface area contributed by atoms with Crippen LogP contribution in [0.15, 0.2) is 0 Å². The quantitative estimate of drug-likeness (QED) is 0.712. The van der Waals surface area contributed by atoms with Crippen LogP contribution in [-0.2, 0) is 0 Å². The van der Waals surface area contributed by atoms with E-state index in [1.54, 1.807) is 0 Å². The Labute approximate surface area is 79.5 Å². The molecule has 0 bridgehead atoms. The largest absolute Gasteiger partial charge is 0.311 e. The van der Waals surface area contributed by atoms with E-state index in [1.807, 2.05) is 0 Å². The van der Waals surface area contributed by atoms with E-state index in [0.717, 1.165) is 25.9 Å². The molecule has 0 aromatic carbocycles. The van der Waals surface area contributed by atoms with E-state index < -0.39 is 5.67 Å². The van der Waals surface area contributed by atoms with Crippen LogP contribution in [-0.4, -0.2) is 43.3 Å². The molecule has 3 heteroatoms. The van der Waals surface area contributed by atoms with Crippen LogP contribution < -0.4 is 5.32 Å². The molecule has 1 saturated heterocycles. The van der Waals surface area contributed by atoms with Crippen molar-refractivity contribution in [2.75, 3.05) is 26.7 Å². The second-order valence-corrected chi connectivity index (χ2v) is 4.61. The smallest absolute Gasteiger partial charge is 0.123 e. The Morgan fingerprint density at radius 2 is 2.00 bits per heavy atom. The van der Waals surface area contributed by atoms with Gasteiger partial charge in [0.05, 0.1) is 0 Å². The molecule has 1 aliphatic carbocycles. The number of alkyl halides is 1. The Hall–Kier alpha value is -0.150. The third kappa shape index (κ3) is 2.64. The number of nitrogens with zero attached hydrogens (tertiary/aromatic N) is 1. The Morgan fingerprint density at radius 3 is 2.54 bits per heavy atom. The molecule has 0 amide bonds. The summed E-state index contributed by atoms with van der Waals surface area (Å²) in [5, 5.41) is 3.34. The number of rotatable bonds is 3. The van der Waals surface area contributed by atoms with Crippen molar-refractivity contribution in [1.29, 1.82) is 0 Å². The van der Waals surface area contributed by atoms with Gasteiger partial charge < -0.3 is 10.2 Å². The van der Waals surface area contributed by atoms with Crippen LogP contribution in [0.25, 0.3) is 0 Å². The van der Waals surface area contributed by atoms with Crippen molar-refractivity contribution in [2.45, 2.75) is 37.4 Å². The van der Waals surface area contributed by atoms with Gasteiger partial charge in [-0.1, -0.05) is 0 Å². The fourth-order valence-electron chi connectivity index (χ4n) is 1.85. The lowest BCUT2D eigenvalue weighted by atomic mass is 10.1. The van der Waals surface area contributed by atoms with Gasteiger partial charge in [0.2, 0.25) is 0 Å². The second kappa shape index (κ2) is 3.54. The normalized spacial score (nSPS) is 29.1. The van der Waals surface area contributed by atoms with Crippen LogP contribution in [0.3, 0.4) is 0 Å². The fourth-order valence-corrected chi connectivity index (χ4v) is 1.85. The summed E-state index contributed by atoms with van der Waals surface area (Å²) in [4.78, 5) is 2.33. The third-order valence-electron chi connectivity index (χ3n) is 3.22. The van der Waals surface area contributed by atoms with Crippen molar-refractivity contribution in [1.82, 2.24) is 10.2 Å². The molecule has 0 radical (unpaired) electrons. The SMILES string of the molecule is CN1CCC(NCC2(F)CC2)CC1. The van der Waals surface area contributed by atoms with Gasteiger partial charge in [-0.05, 0) is 45.8 Å². The summed E-state index contributed by atoms with van der Waals surface area (Å²) in [6.45, 7) is 2.88. The Morgan fingerprint density at radius 1 is 1.38 bits per heavy atom. The summed E-state index contributed by atoms with van der Waals surface area (Å²) >= 11 is 0. The summed E-state index contributed by atoms with van der Waals surface area (Å²) in [5.41, 5.74) is -0.830. The first-order chi connectivity index (χ1) is 6.18. The van der Waals surface area contributed by atoms with Crippen LogP contribution in [0.1, 0.15) is 25.7 Å². The minimum Gasteiger partial charge on any atom is -0.311 e. The average molecular weight is 186 g/mol. The first-order valence-corrected chi connectivity index (χ1v) is 5.29. The summed E-state index contributed by atoms with van der Waals surface area (Å²) in [5.74, 6) is 0. The Bertz CT molecular complexity index is 172. The highest BCUT2D eigenvalue weighted by Gasteiger charge is 2.43. The summed E-state index contributed by atoms with van der Waals surface area (Å²) in [6, 6.07) is 0.560. The van der Waals surface area contributed by atoms with Crippen molar-refractivity contribution in [3.05, 3.63) is 0 Å². The molecule has 1 saturated carbocycles. The highest BCUT2D eigenvalue weighted by Crippen LogP contribution is 2.39. The molecule has 76 valence electrons. The summed E-state index contributed by atoms with van der Waals surface area (Å²) in [7, 11) is 2.15. The minimum atomic E-state index is -0.830. The lowest BCUT2D eigenvalue weighted by Crippen LogP contribution is -2.43. The van der Waals surface area contributed by atoms with Gasteiger partial charge in [0.15, 0.2) is 0 Å². The number of piperidine rings is 1. The molecule has 0 aromatic rings. The van der Waals surface area contributed by atoms with Crippen molar-refractivity contribution < 1.29 is 4.39 Å². The molecule has 1 aliphatic heterocycles. The van der Waals surface area contributed by atoms with E-state index in [1.165, 1.54) is 12.8 Å². The van der Waals surface area contributed by atoms with Crippen molar-refractivity contribution in [3.8, 4) is 0 Å². The standard InChI is InChI=1S/C10H19FN2/c1-13-6-2-9(3-7-13)12-8-10(11)4-5-10/h9,12H,2-8H2,1H3. The highest BCUT2D eigenvalue weighted by atomic mass is 19.1. The maximum Gasteiger partial charge on any atom is 0.123 e. The van der Waals surface area contributed by atoms with E-state index in [-0.39, 0.29) is 0 Å². The lowest BCUT2D eigenvalue weighted by Gasteiger charge is -2.30. The zero-order valence-corrected chi connectivity index (χ0v) is 8.35. The van der Waals surface area contributed by atoms with Gasteiger partial charge >= 0.3 is 0 Å². The first kappa shape index (κ1) is 9.41. The van der Waals surface area contributed by atoms with Gasteiger partial charge in [0.25, 0.3) is 0 Å². The molecule has 2 rings (SSSR count). The average Bonchev–Trinajstić information content (AvgIpc) is 2.84. The van der Waals surface area contributed by atoms with Crippen LogP contribution in [0.2, 0.25) is 0 Å². The van der Waals surface area contributed by atoms with E-state index in [4.69, 9.17) is 0 Å². The number of hydrogen-bond acceptors (Lipinski definition) is 2. The second-order valence-electron chi connectivity index (χ2n) is 4.61. The molecule has 0 spiro atoms. The number of nitrogens with one attached hydrogen (secondary N) is 1. The zero-order valence-electron chi connectivity index (χ0n) is 8.35. The van der Waals surface area contributed by atoms with E-state index in [2.05, 4.69) is 17.3 Å². The molecular weight excluding hydrogens is 167 g/mol. The van der Waals surface area contributed by atoms with E-state index >= 15 is 0 Å². The van der Waals surface area contributed by atoms with Crippen molar-refractivity contribution in [2.24, 2.45) is 0 Å². The third-order valence-corrected chi connectivity index (χ3v) is 3.22. The first-order valence-electron chi connectivity index (χ1n) is 5.29. The van der Waals surface area contributed by atoms with Crippen molar-refractivity contribution >= 4 is 0 Å². The fraction of sp³-hybridized carbons (Fsp3) is 1.00. The summed E-state index contributed by atoms with van der Waals surface area (Å²) in [6.07, 6.45) is 3.89. The molecule has 2 nitrogen and oxygen atoms in total. The van der Waals surface area contributed by atoms with Gasteiger partial charge in [-0.2, -0.15) is 0 Å². The zero-order chi connectivity index (χ0) is 9.31. The van der Waals surface area contributed by atoms with Crippen LogP contribution >= 0.6 is 0 Å². The molecule has 2 aliphatic rings. The maximum absolute atomic E-state index is 13.3. The Balaban J connectivity index is 1.65. The van der Waals surface area contributed by atoms with Gasteiger partial charge in [-0.25, -0.2) is 4.39 Å². The van der Waals surface area contributed by atoms with Gasteiger partial charge in [-0.3, -0.25) is 0 Å². The molecule has 13 heavy (non-hydrogen) atoms. The predicted molar refractivity (Wildman–Crippen MR) is 51.6 cm³/mol. The van der Waals surface area contributed by atoms with Crippen LogP contribution in [0.4, 0.5) is 4.39 Å². The van der Waals surface area contributed by atoms with Gasteiger partial charge in [0, 0.05) is 12.6 Å². The molecular formula is C10H19FN2. The summed E-state index contributed by atoms with van der Waals surface area (Å²) < 4.78 is 13.3. The van der Waals surface area contributed by atoms with Crippen molar-refractivity contribution in [3.63, 3.8) is 0 Å². The van der Waals surface area contributed by atoms with Gasteiger partial charge in [-0.15, -0.1) is 0 Å². The number of halogens is 1. The van der Waals surface area contributed by atoms with E-state index in [0.29, 0.717) is 12.6 Å². The Kier molecular flexibility index (Phi) is 2.56. The lowest BCUT2D eigenvalue weighted by molar-refractivity contribution is 0.214. The molecule has 0 aromatic heterocycles. The number of hydrogen-bond donors (Lipinski definition) is 1. The van der Waals surface area contributed by atoms with Crippen LogP contribution in [0, 0.1) is 0 Å². The highest BCUT2D eigenvalue weighted by molar-refractivity contribution is 4.96. The van der Waals surface area contributed by atoms with Crippen LogP contribution in [0.5, 0.6) is 0 Å². The molecule has 1 heterocycles.